The van der Waals surface area contributed by atoms with Crippen LogP contribution in [0.25, 0.3) is 0 Å². The van der Waals surface area contributed by atoms with Crippen LogP contribution in [0.3, 0.4) is 0 Å². The van der Waals surface area contributed by atoms with E-state index in [2.05, 4.69) is 80.3 Å². The second kappa shape index (κ2) is 9.41. The summed E-state index contributed by atoms with van der Waals surface area (Å²) in [7, 11) is 1.78. The van der Waals surface area contributed by atoms with Crippen molar-refractivity contribution in [3.63, 3.8) is 0 Å². The fourth-order valence-corrected chi connectivity index (χ4v) is 3.07. The van der Waals surface area contributed by atoms with Crippen molar-refractivity contribution in [1.82, 2.24) is 5.32 Å². The van der Waals surface area contributed by atoms with Crippen molar-refractivity contribution in [2.45, 2.75) is 38.5 Å². The lowest BCUT2D eigenvalue weighted by Crippen LogP contribution is -2.39. The molecule has 0 aliphatic carbocycles. The molecule has 0 aliphatic heterocycles. The van der Waals surface area contributed by atoms with E-state index in [0.717, 1.165) is 6.42 Å². The molecule has 2 nitrogen and oxygen atoms in total. The van der Waals surface area contributed by atoms with Crippen LogP contribution in [0.1, 0.15) is 43.5 Å². The first-order chi connectivity index (χ1) is 11.7. The average molecular weight is 323 g/mol. The number of nitrogens with one attached hydrogen (secondary N) is 1. The van der Waals surface area contributed by atoms with Crippen LogP contribution in [0.2, 0.25) is 0 Å². The molecule has 24 heavy (non-hydrogen) atoms. The van der Waals surface area contributed by atoms with Gasteiger partial charge in [-0.1, -0.05) is 80.6 Å². The molecule has 2 aromatic rings. The first-order valence-electron chi connectivity index (χ1n) is 8.67. The smallest absolute Gasteiger partial charge is 0.102 e. The van der Waals surface area contributed by atoms with Gasteiger partial charge in [-0.05, 0) is 23.5 Å². The van der Waals surface area contributed by atoms with Crippen LogP contribution < -0.4 is 5.32 Å². The number of rotatable bonds is 9. The topological polar surface area (TPSA) is 21.3 Å². The van der Waals surface area contributed by atoms with Crippen molar-refractivity contribution in [3.05, 3.63) is 84.4 Å². The maximum absolute atomic E-state index is 5.92. The lowest BCUT2D eigenvalue weighted by atomic mass is 9.92. The molecule has 0 saturated carbocycles. The Bertz CT molecular complexity index is 594. The van der Waals surface area contributed by atoms with Gasteiger partial charge in [0.2, 0.25) is 0 Å². The second-order valence-corrected chi connectivity index (χ2v) is 6.50. The molecule has 0 bridgehead atoms. The van der Waals surface area contributed by atoms with E-state index < -0.39 is 0 Å². The Labute approximate surface area is 146 Å². The van der Waals surface area contributed by atoms with E-state index in [4.69, 9.17) is 4.74 Å². The Balaban J connectivity index is 2.36. The summed E-state index contributed by atoms with van der Waals surface area (Å²) in [6.07, 6.45) is 2.88. The van der Waals surface area contributed by atoms with Crippen LogP contribution in [0.5, 0.6) is 0 Å². The summed E-state index contributed by atoms with van der Waals surface area (Å²) in [6.45, 7) is 8.40. The van der Waals surface area contributed by atoms with E-state index in [1.807, 2.05) is 12.1 Å². The summed E-state index contributed by atoms with van der Waals surface area (Å²) >= 11 is 0. The first kappa shape index (κ1) is 18.4. The molecule has 2 aromatic carbocycles. The van der Waals surface area contributed by atoms with Crippen molar-refractivity contribution in [3.8, 4) is 0 Å². The highest BCUT2D eigenvalue weighted by Crippen LogP contribution is 2.33. The lowest BCUT2D eigenvalue weighted by molar-refractivity contribution is 0.0605. The number of methoxy groups -OCH3 is 1. The minimum Gasteiger partial charge on any atom is -0.375 e. The summed E-state index contributed by atoms with van der Waals surface area (Å²) in [4.78, 5) is 0. The Morgan fingerprint density at radius 2 is 1.50 bits per heavy atom. The van der Waals surface area contributed by atoms with Gasteiger partial charge in [0.1, 0.15) is 6.10 Å². The molecular weight excluding hydrogens is 294 g/mol. The standard InChI is InChI=1S/C22H29NO/c1-5-12-20(17(2)3)23-21(18-13-8-6-9-14-18)22(24-4)19-15-10-7-11-16-19/h5-11,13-17,20-23H,1,12H2,2-4H3/t20-,21+,22-/m1/s1. The molecule has 1 N–H and O–H groups in total. The van der Waals surface area contributed by atoms with E-state index in [-0.39, 0.29) is 12.1 Å². The van der Waals surface area contributed by atoms with Crippen molar-refractivity contribution >= 4 is 0 Å². The van der Waals surface area contributed by atoms with Gasteiger partial charge in [0.05, 0.1) is 6.04 Å². The monoisotopic (exact) mass is 323 g/mol. The van der Waals surface area contributed by atoms with Crippen molar-refractivity contribution in [2.75, 3.05) is 7.11 Å². The van der Waals surface area contributed by atoms with E-state index >= 15 is 0 Å². The molecular formula is C22H29NO. The van der Waals surface area contributed by atoms with Crippen molar-refractivity contribution < 1.29 is 4.74 Å². The Morgan fingerprint density at radius 3 is 1.96 bits per heavy atom. The molecule has 0 saturated heterocycles. The fraction of sp³-hybridized carbons (Fsp3) is 0.364. The minimum absolute atomic E-state index is 0.0420. The first-order valence-corrected chi connectivity index (χ1v) is 8.67. The molecule has 0 amide bonds. The zero-order valence-electron chi connectivity index (χ0n) is 15.0. The maximum atomic E-state index is 5.92. The summed E-state index contributed by atoms with van der Waals surface area (Å²) in [5.41, 5.74) is 2.42. The molecule has 0 aliphatic rings. The van der Waals surface area contributed by atoms with Gasteiger partial charge in [0.15, 0.2) is 0 Å². The Hall–Kier alpha value is -1.90. The number of benzene rings is 2. The molecule has 128 valence electrons. The molecule has 2 rings (SSSR count). The number of hydrogen-bond donors (Lipinski definition) is 1. The predicted molar refractivity (Wildman–Crippen MR) is 102 cm³/mol. The zero-order chi connectivity index (χ0) is 17.4. The van der Waals surface area contributed by atoms with E-state index in [0.29, 0.717) is 12.0 Å². The molecule has 3 atom stereocenters. The van der Waals surface area contributed by atoms with Gasteiger partial charge in [-0.25, -0.2) is 0 Å². The van der Waals surface area contributed by atoms with Gasteiger partial charge in [0, 0.05) is 13.2 Å². The highest BCUT2D eigenvalue weighted by molar-refractivity contribution is 5.26. The fourth-order valence-electron chi connectivity index (χ4n) is 3.07. The SMILES string of the molecule is C=CC[C@@H](N[C@@H](c1ccccc1)[C@H](OC)c1ccccc1)C(C)C. The van der Waals surface area contributed by atoms with Crippen LogP contribution in [0, 0.1) is 5.92 Å². The molecule has 0 radical (unpaired) electrons. The third kappa shape index (κ3) is 4.80. The van der Waals surface area contributed by atoms with Gasteiger partial charge in [-0.2, -0.15) is 0 Å². The Kier molecular flexibility index (Phi) is 7.23. The quantitative estimate of drug-likeness (QED) is 0.632. The zero-order valence-corrected chi connectivity index (χ0v) is 15.0. The molecule has 0 aromatic heterocycles. The molecule has 0 heterocycles. The Morgan fingerprint density at radius 1 is 0.958 bits per heavy atom. The summed E-state index contributed by atoms with van der Waals surface area (Å²) in [5, 5.41) is 3.82. The van der Waals surface area contributed by atoms with Crippen LogP contribution in [0.15, 0.2) is 73.3 Å². The molecule has 0 spiro atoms. The molecule has 2 heteroatoms. The third-order valence-electron chi connectivity index (χ3n) is 4.46. The predicted octanol–water partition coefficient (Wildman–Crippen LogP) is 5.31. The van der Waals surface area contributed by atoms with Gasteiger partial charge in [-0.3, -0.25) is 0 Å². The minimum atomic E-state index is -0.0420. The van der Waals surface area contributed by atoms with Crippen LogP contribution in [-0.2, 0) is 4.74 Å². The number of hydrogen-bond acceptors (Lipinski definition) is 2. The summed E-state index contributed by atoms with van der Waals surface area (Å²) < 4.78 is 5.92. The maximum Gasteiger partial charge on any atom is 0.102 e. The largest absolute Gasteiger partial charge is 0.375 e. The van der Waals surface area contributed by atoms with Gasteiger partial charge < -0.3 is 10.1 Å². The average Bonchev–Trinajstić information content (AvgIpc) is 2.62. The van der Waals surface area contributed by atoms with E-state index in [1.54, 1.807) is 7.11 Å². The highest BCUT2D eigenvalue weighted by Gasteiger charge is 2.27. The van der Waals surface area contributed by atoms with Gasteiger partial charge in [0.25, 0.3) is 0 Å². The highest BCUT2D eigenvalue weighted by atomic mass is 16.5. The van der Waals surface area contributed by atoms with Crippen molar-refractivity contribution in [2.24, 2.45) is 5.92 Å². The van der Waals surface area contributed by atoms with E-state index in [1.165, 1.54) is 11.1 Å². The lowest BCUT2D eigenvalue weighted by Gasteiger charge is -2.33. The van der Waals surface area contributed by atoms with Crippen molar-refractivity contribution in [1.29, 1.82) is 0 Å². The van der Waals surface area contributed by atoms with Crippen LogP contribution >= 0.6 is 0 Å². The van der Waals surface area contributed by atoms with Gasteiger partial charge >= 0.3 is 0 Å². The summed E-state index contributed by atoms with van der Waals surface area (Å²) in [6, 6.07) is 21.4. The third-order valence-corrected chi connectivity index (χ3v) is 4.46. The number of ether oxygens (including phenoxy) is 1. The van der Waals surface area contributed by atoms with E-state index in [9.17, 15) is 0 Å². The van der Waals surface area contributed by atoms with Gasteiger partial charge in [-0.15, -0.1) is 6.58 Å². The summed E-state index contributed by atoms with van der Waals surface area (Å²) in [5.74, 6) is 0.516. The molecule has 0 fully saturated rings. The molecule has 0 unspecified atom stereocenters. The second-order valence-electron chi connectivity index (χ2n) is 6.50. The normalized spacial score (nSPS) is 15.0. The van der Waals surface area contributed by atoms with Crippen LogP contribution in [-0.4, -0.2) is 13.2 Å². The van der Waals surface area contributed by atoms with Crippen LogP contribution in [0.4, 0.5) is 0 Å².